The summed E-state index contributed by atoms with van der Waals surface area (Å²) < 4.78 is 10.5. The summed E-state index contributed by atoms with van der Waals surface area (Å²) in [7, 11) is 0. The van der Waals surface area contributed by atoms with Gasteiger partial charge in [0.25, 0.3) is 0 Å². The predicted octanol–water partition coefficient (Wildman–Crippen LogP) is 2.83. The van der Waals surface area contributed by atoms with E-state index in [1.165, 1.54) is 4.90 Å². The highest BCUT2D eigenvalue weighted by atomic mass is 16.6. The third-order valence-corrected chi connectivity index (χ3v) is 6.77. The Morgan fingerprint density at radius 2 is 1.85 bits per heavy atom. The number of hydrogen-bond acceptors (Lipinski definition) is 6. The molecule has 1 aromatic carbocycles. The lowest BCUT2D eigenvalue weighted by molar-refractivity contribution is -0.136. The number of hydrogen-bond donors (Lipinski definition) is 1. The molecule has 33 heavy (non-hydrogen) atoms. The van der Waals surface area contributed by atoms with Crippen LogP contribution in [0.3, 0.4) is 0 Å². The molecule has 0 spiro atoms. The molecule has 2 bridgehead atoms. The minimum absolute atomic E-state index is 0.127. The maximum Gasteiger partial charge on any atom is 0.416 e. The van der Waals surface area contributed by atoms with Crippen LogP contribution in [0.2, 0.25) is 0 Å². The molecule has 1 aromatic rings. The number of nitrogens with zero attached hydrogens (tertiary/aromatic N) is 2. The molecule has 3 unspecified atom stereocenters. The lowest BCUT2D eigenvalue weighted by Gasteiger charge is -2.34. The minimum atomic E-state index is -0.669. The summed E-state index contributed by atoms with van der Waals surface area (Å²) in [5.74, 6) is -0.863. The van der Waals surface area contributed by atoms with Crippen LogP contribution >= 0.6 is 0 Å². The van der Waals surface area contributed by atoms with Crippen LogP contribution in [0.1, 0.15) is 51.0 Å². The van der Waals surface area contributed by atoms with Crippen LogP contribution in [-0.4, -0.2) is 65.1 Å². The number of fused-ring (bicyclic) bond motifs is 2. The van der Waals surface area contributed by atoms with E-state index >= 15 is 0 Å². The van der Waals surface area contributed by atoms with E-state index in [1.807, 2.05) is 37.3 Å². The minimum Gasteiger partial charge on any atom is -0.449 e. The summed E-state index contributed by atoms with van der Waals surface area (Å²) in [6.07, 6.45) is 2.76. The Bertz CT molecular complexity index is 891. The summed E-state index contributed by atoms with van der Waals surface area (Å²) in [4.78, 5) is 53.6. The van der Waals surface area contributed by atoms with Crippen molar-refractivity contribution >= 4 is 24.0 Å². The lowest BCUT2D eigenvalue weighted by atomic mass is 9.84. The monoisotopic (exact) mass is 457 g/mol. The van der Waals surface area contributed by atoms with Crippen LogP contribution in [0.15, 0.2) is 30.3 Å². The Labute approximate surface area is 193 Å². The normalized spacial score (nSPS) is 26.5. The Morgan fingerprint density at radius 1 is 1.06 bits per heavy atom. The molecule has 4 amide bonds. The number of amides is 4. The second-order valence-electron chi connectivity index (χ2n) is 8.90. The molecule has 2 heterocycles. The number of benzene rings is 1. The fourth-order valence-electron chi connectivity index (χ4n) is 5.05. The van der Waals surface area contributed by atoms with Crippen molar-refractivity contribution in [3.8, 4) is 0 Å². The van der Waals surface area contributed by atoms with Crippen LogP contribution in [0.5, 0.6) is 0 Å². The first-order chi connectivity index (χ1) is 16.0. The highest BCUT2D eigenvalue weighted by Gasteiger charge is 2.53. The smallest absolute Gasteiger partial charge is 0.416 e. The average Bonchev–Trinajstić information content (AvgIpc) is 3.30. The molecule has 1 N–H and O–H groups in total. The molecule has 2 saturated heterocycles. The van der Waals surface area contributed by atoms with E-state index < -0.39 is 24.1 Å². The van der Waals surface area contributed by atoms with Crippen LogP contribution < -0.4 is 5.32 Å². The van der Waals surface area contributed by atoms with Gasteiger partial charge in [-0.2, -0.15) is 0 Å². The van der Waals surface area contributed by atoms with Gasteiger partial charge in [-0.3, -0.25) is 9.59 Å². The zero-order valence-corrected chi connectivity index (χ0v) is 18.9. The number of rotatable bonds is 7. The quantitative estimate of drug-likeness (QED) is 0.632. The molecule has 0 radical (unpaired) electrons. The third-order valence-electron chi connectivity index (χ3n) is 6.77. The molecule has 4 rings (SSSR count). The first kappa shape index (κ1) is 23.1. The van der Waals surface area contributed by atoms with Crippen LogP contribution in [0, 0.1) is 5.92 Å². The van der Waals surface area contributed by atoms with E-state index in [2.05, 4.69) is 5.32 Å². The van der Waals surface area contributed by atoms with Gasteiger partial charge in [0, 0.05) is 18.6 Å². The molecular weight excluding hydrogens is 426 g/mol. The molecule has 3 fully saturated rings. The van der Waals surface area contributed by atoms with Crippen molar-refractivity contribution in [2.75, 3.05) is 13.2 Å². The van der Waals surface area contributed by atoms with Gasteiger partial charge in [0.05, 0.1) is 12.5 Å². The molecule has 9 nitrogen and oxygen atoms in total. The summed E-state index contributed by atoms with van der Waals surface area (Å²) >= 11 is 0. The highest BCUT2D eigenvalue weighted by Crippen LogP contribution is 2.40. The Morgan fingerprint density at radius 3 is 2.61 bits per heavy atom. The van der Waals surface area contributed by atoms with E-state index in [1.54, 1.807) is 4.90 Å². The van der Waals surface area contributed by atoms with E-state index in [9.17, 15) is 19.2 Å². The summed E-state index contributed by atoms with van der Waals surface area (Å²) in [6, 6.07) is 8.22. The van der Waals surface area contributed by atoms with Gasteiger partial charge < -0.3 is 19.7 Å². The topological polar surface area (TPSA) is 105 Å². The first-order valence-electron chi connectivity index (χ1n) is 11.8. The molecule has 1 saturated carbocycles. The zero-order valence-electron chi connectivity index (χ0n) is 18.9. The second kappa shape index (κ2) is 10.2. The van der Waals surface area contributed by atoms with Gasteiger partial charge in [-0.1, -0.05) is 43.7 Å². The lowest BCUT2D eigenvalue weighted by Crippen LogP contribution is -2.48. The summed E-state index contributed by atoms with van der Waals surface area (Å²) in [6.45, 7) is 2.90. The SMILES string of the molecule is CCCCOC(=O)N1C(=O)C2CC1CCC2N1CC[C@H](NC(=O)OCc2ccccc2)C1=O. The van der Waals surface area contributed by atoms with Crippen LogP contribution in [0.4, 0.5) is 9.59 Å². The van der Waals surface area contributed by atoms with Gasteiger partial charge in [-0.15, -0.1) is 0 Å². The number of carbonyl (C=O) groups is 4. The van der Waals surface area contributed by atoms with Crippen LogP contribution in [0.25, 0.3) is 0 Å². The highest BCUT2D eigenvalue weighted by molar-refractivity contribution is 5.97. The third kappa shape index (κ3) is 4.96. The van der Waals surface area contributed by atoms with Gasteiger partial charge in [0.2, 0.25) is 11.8 Å². The molecular formula is C24H31N3O6. The van der Waals surface area contributed by atoms with E-state index in [-0.39, 0.29) is 30.5 Å². The summed E-state index contributed by atoms with van der Waals surface area (Å²) in [5.41, 5.74) is 0.862. The van der Waals surface area contributed by atoms with Crippen LogP contribution in [-0.2, 0) is 25.7 Å². The van der Waals surface area contributed by atoms with Crippen molar-refractivity contribution < 1.29 is 28.7 Å². The molecule has 3 aliphatic rings. The van der Waals surface area contributed by atoms with Crippen molar-refractivity contribution in [2.24, 2.45) is 5.92 Å². The second-order valence-corrected chi connectivity index (χ2v) is 8.90. The molecule has 4 atom stereocenters. The number of alkyl carbamates (subject to hydrolysis) is 1. The molecule has 1 aliphatic carbocycles. The molecule has 2 aliphatic heterocycles. The maximum absolute atomic E-state index is 13.0. The molecule has 0 aromatic heterocycles. The van der Waals surface area contributed by atoms with Gasteiger partial charge in [0.15, 0.2) is 0 Å². The van der Waals surface area contributed by atoms with E-state index in [4.69, 9.17) is 9.47 Å². The predicted molar refractivity (Wildman–Crippen MR) is 118 cm³/mol. The van der Waals surface area contributed by atoms with Crippen molar-refractivity contribution in [1.29, 1.82) is 0 Å². The van der Waals surface area contributed by atoms with Crippen molar-refractivity contribution in [3.05, 3.63) is 35.9 Å². The zero-order chi connectivity index (χ0) is 23.4. The summed E-state index contributed by atoms with van der Waals surface area (Å²) in [5, 5.41) is 2.66. The average molecular weight is 458 g/mol. The van der Waals surface area contributed by atoms with Crippen molar-refractivity contribution in [1.82, 2.24) is 15.1 Å². The standard InChI is InChI=1S/C24H31N3O6/c1-2-3-13-32-24(31)27-17-9-10-20(18(14-17)21(27)28)26-12-11-19(22(26)29)25-23(30)33-15-16-7-5-4-6-8-16/h4-8,17-20H,2-3,9-15H2,1H3,(H,25,30)/t17?,18?,19-,20?/m0/s1. The molecule has 9 heteroatoms. The number of carbonyl (C=O) groups excluding carboxylic acids is 4. The maximum atomic E-state index is 13.0. The number of unbranched alkanes of at least 4 members (excludes halogenated alkanes) is 1. The largest absolute Gasteiger partial charge is 0.449 e. The fraction of sp³-hybridized carbons (Fsp3) is 0.583. The van der Waals surface area contributed by atoms with Gasteiger partial charge >= 0.3 is 12.2 Å². The molecule has 178 valence electrons. The van der Waals surface area contributed by atoms with Gasteiger partial charge in [0.1, 0.15) is 12.6 Å². The van der Waals surface area contributed by atoms with E-state index in [0.29, 0.717) is 38.8 Å². The number of ether oxygens (including phenoxy) is 2. The first-order valence-corrected chi connectivity index (χ1v) is 11.8. The Balaban J connectivity index is 1.31. The fourth-order valence-corrected chi connectivity index (χ4v) is 5.05. The van der Waals surface area contributed by atoms with E-state index in [0.717, 1.165) is 18.4 Å². The van der Waals surface area contributed by atoms with Crippen molar-refractivity contribution in [3.63, 3.8) is 0 Å². The van der Waals surface area contributed by atoms with Gasteiger partial charge in [-0.05, 0) is 37.7 Å². The Hall–Kier alpha value is -3.10. The Kier molecular flexibility index (Phi) is 7.15. The van der Waals surface area contributed by atoms with Crippen molar-refractivity contribution in [2.45, 2.75) is 70.2 Å². The number of likely N-dealkylation sites (tertiary alicyclic amines) is 2. The number of imide groups is 1. The number of nitrogens with one attached hydrogen (secondary N) is 1. The van der Waals surface area contributed by atoms with Gasteiger partial charge in [-0.25, -0.2) is 14.5 Å².